The molecule has 1 atom stereocenters. The number of hydrogen-bond donors (Lipinski definition) is 2. The van der Waals surface area contributed by atoms with Crippen LogP contribution in [-0.2, 0) is 6.54 Å². The summed E-state index contributed by atoms with van der Waals surface area (Å²) >= 11 is 6.17. The number of anilines is 1. The van der Waals surface area contributed by atoms with Gasteiger partial charge in [-0.2, -0.15) is 0 Å². The molecule has 1 aromatic rings. The van der Waals surface area contributed by atoms with E-state index < -0.39 is 0 Å². The average Bonchev–Trinajstić information content (AvgIpc) is 2.37. The third-order valence-corrected chi connectivity index (χ3v) is 3.17. The number of nitrogens with one attached hydrogen (secondary N) is 1. The quantitative estimate of drug-likeness (QED) is 0.771. The van der Waals surface area contributed by atoms with E-state index in [2.05, 4.69) is 22.1 Å². The van der Waals surface area contributed by atoms with Gasteiger partial charge in [-0.05, 0) is 38.9 Å². The third-order valence-electron chi connectivity index (χ3n) is 2.82. The molecule has 2 N–H and O–H groups in total. The molecule has 0 saturated heterocycles. The van der Waals surface area contributed by atoms with Crippen LogP contribution in [0.3, 0.4) is 0 Å². The number of pyridine rings is 1. The summed E-state index contributed by atoms with van der Waals surface area (Å²) in [5.74, 6) is 0.866. The van der Waals surface area contributed by atoms with Crippen LogP contribution in [0.5, 0.6) is 0 Å². The molecule has 1 unspecified atom stereocenters. The summed E-state index contributed by atoms with van der Waals surface area (Å²) in [6, 6.07) is 3.78. The number of rotatable bonds is 8. The highest BCUT2D eigenvalue weighted by atomic mass is 35.5. The molecule has 0 radical (unpaired) electrons. The van der Waals surface area contributed by atoms with Gasteiger partial charge in [0.25, 0.3) is 0 Å². The van der Waals surface area contributed by atoms with Crippen molar-refractivity contribution < 1.29 is 5.11 Å². The zero-order valence-electron chi connectivity index (χ0n) is 12.0. The predicted octanol–water partition coefficient (Wildman–Crippen LogP) is 2.76. The SMILES string of the molecule is CCCNc1ccc(Cl)c(CN(C)CCC(C)O)n1. The first-order valence-electron chi connectivity index (χ1n) is 6.78. The molecule has 1 heterocycles. The van der Waals surface area contributed by atoms with Crippen molar-refractivity contribution in [3.8, 4) is 0 Å². The maximum absolute atomic E-state index is 9.28. The van der Waals surface area contributed by atoms with Gasteiger partial charge < -0.3 is 15.3 Å². The van der Waals surface area contributed by atoms with Gasteiger partial charge in [-0.25, -0.2) is 4.98 Å². The van der Waals surface area contributed by atoms with Crippen LogP contribution in [0.2, 0.25) is 5.02 Å². The fourth-order valence-corrected chi connectivity index (χ4v) is 1.85. The Hall–Kier alpha value is -0.840. The highest BCUT2D eigenvalue weighted by Crippen LogP contribution is 2.18. The van der Waals surface area contributed by atoms with E-state index in [-0.39, 0.29) is 6.10 Å². The molecular formula is C14H24ClN3O. The molecule has 0 aliphatic heterocycles. The Bertz CT molecular complexity index is 385. The van der Waals surface area contributed by atoms with Crippen molar-refractivity contribution in [1.29, 1.82) is 0 Å². The van der Waals surface area contributed by atoms with Gasteiger partial charge in [0.05, 0.1) is 16.8 Å². The molecule has 0 saturated carbocycles. The number of aromatic nitrogens is 1. The first-order chi connectivity index (χ1) is 9.02. The van der Waals surface area contributed by atoms with Gasteiger partial charge in [0, 0.05) is 19.6 Å². The van der Waals surface area contributed by atoms with Crippen molar-refractivity contribution in [2.24, 2.45) is 0 Å². The molecule has 0 aliphatic carbocycles. The largest absolute Gasteiger partial charge is 0.393 e. The third kappa shape index (κ3) is 6.23. The van der Waals surface area contributed by atoms with Crippen LogP contribution in [0.15, 0.2) is 12.1 Å². The molecule has 0 aromatic carbocycles. The second-order valence-electron chi connectivity index (χ2n) is 4.93. The maximum atomic E-state index is 9.28. The van der Waals surface area contributed by atoms with E-state index in [1.807, 2.05) is 19.2 Å². The zero-order chi connectivity index (χ0) is 14.3. The second-order valence-corrected chi connectivity index (χ2v) is 5.33. The van der Waals surface area contributed by atoms with Gasteiger partial charge in [0.2, 0.25) is 0 Å². The van der Waals surface area contributed by atoms with Crippen molar-refractivity contribution in [2.75, 3.05) is 25.5 Å². The summed E-state index contributed by atoms with van der Waals surface area (Å²) in [5.41, 5.74) is 0.871. The summed E-state index contributed by atoms with van der Waals surface area (Å²) in [7, 11) is 2.01. The summed E-state index contributed by atoms with van der Waals surface area (Å²) in [5, 5.41) is 13.2. The molecule has 5 heteroatoms. The van der Waals surface area contributed by atoms with Crippen LogP contribution in [0.1, 0.15) is 32.4 Å². The zero-order valence-corrected chi connectivity index (χ0v) is 12.7. The fraction of sp³-hybridized carbons (Fsp3) is 0.643. The van der Waals surface area contributed by atoms with E-state index in [1.165, 1.54) is 0 Å². The Morgan fingerprint density at radius 1 is 1.47 bits per heavy atom. The van der Waals surface area contributed by atoms with Gasteiger partial charge in [-0.15, -0.1) is 0 Å². The molecular weight excluding hydrogens is 262 g/mol. The Labute approximate surface area is 120 Å². The smallest absolute Gasteiger partial charge is 0.126 e. The minimum atomic E-state index is -0.275. The van der Waals surface area contributed by atoms with E-state index in [4.69, 9.17) is 11.6 Å². The first kappa shape index (κ1) is 16.2. The monoisotopic (exact) mass is 285 g/mol. The summed E-state index contributed by atoms with van der Waals surface area (Å²) in [6.07, 6.45) is 1.54. The minimum absolute atomic E-state index is 0.275. The fourth-order valence-electron chi connectivity index (χ4n) is 1.69. The van der Waals surface area contributed by atoms with Gasteiger partial charge in [0.1, 0.15) is 5.82 Å². The number of nitrogens with zero attached hydrogens (tertiary/aromatic N) is 2. The van der Waals surface area contributed by atoms with Gasteiger partial charge in [0.15, 0.2) is 0 Å². The molecule has 0 amide bonds. The lowest BCUT2D eigenvalue weighted by Gasteiger charge is -2.18. The molecule has 19 heavy (non-hydrogen) atoms. The molecule has 4 nitrogen and oxygen atoms in total. The summed E-state index contributed by atoms with van der Waals surface area (Å²) < 4.78 is 0. The number of hydrogen-bond acceptors (Lipinski definition) is 4. The summed E-state index contributed by atoms with van der Waals surface area (Å²) in [4.78, 5) is 6.65. The normalized spacial score (nSPS) is 12.7. The van der Waals surface area contributed by atoms with E-state index in [0.29, 0.717) is 11.6 Å². The standard InChI is InChI=1S/C14H24ClN3O/c1-4-8-16-14-6-5-12(15)13(17-14)10-18(3)9-7-11(2)19/h5-6,11,19H,4,7-10H2,1-3H3,(H,16,17). The van der Waals surface area contributed by atoms with Crippen LogP contribution < -0.4 is 5.32 Å². The minimum Gasteiger partial charge on any atom is -0.393 e. The molecule has 0 fully saturated rings. The Morgan fingerprint density at radius 3 is 2.84 bits per heavy atom. The van der Waals surface area contributed by atoms with Crippen LogP contribution in [0, 0.1) is 0 Å². The van der Waals surface area contributed by atoms with Crippen molar-refractivity contribution in [3.63, 3.8) is 0 Å². The van der Waals surface area contributed by atoms with Crippen molar-refractivity contribution in [2.45, 2.75) is 39.3 Å². The number of aliphatic hydroxyl groups excluding tert-OH is 1. The molecule has 1 rings (SSSR count). The van der Waals surface area contributed by atoms with E-state index >= 15 is 0 Å². The average molecular weight is 286 g/mol. The van der Waals surface area contributed by atoms with E-state index in [9.17, 15) is 5.11 Å². The maximum Gasteiger partial charge on any atom is 0.126 e. The Balaban J connectivity index is 2.60. The van der Waals surface area contributed by atoms with Crippen LogP contribution in [0.25, 0.3) is 0 Å². The van der Waals surface area contributed by atoms with Gasteiger partial charge in [-0.3, -0.25) is 0 Å². The Kier molecular flexibility index (Phi) is 7.13. The number of aliphatic hydroxyl groups is 1. The molecule has 1 aromatic heterocycles. The van der Waals surface area contributed by atoms with Crippen molar-refractivity contribution in [1.82, 2.24) is 9.88 Å². The van der Waals surface area contributed by atoms with E-state index in [0.717, 1.165) is 37.4 Å². The summed E-state index contributed by atoms with van der Waals surface area (Å²) in [6.45, 7) is 6.34. The topological polar surface area (TPSA) is 48.4 Å². The highest BCUT2D eigenvalue weighted by Gasteiger charge is 2.08. The molecule has 0 bridgehead atoms. The lowest BCUT2D eigenvalue weighted by Crippen LogP contribution is -2.23. The Morgan fingerprint density at radius 2 is 2.21 bits per heavy atom. The molecule has 0 spiro atoms. The van der Waals surface area contributed by atoms with Crippen molar-refractivity contribution >= 4 is 17.4 Å². The van der Waals surface area contributed by atoms with Gasteiger partial charge >= 0.3 is 0 Å². The molecule has 108 valence electrons. The lowest BCUT2D eigenvalue weighted by atomic mass is 10.2. The first-order valence-corrected chi connectivity index (χ1v) is 7.16. The highest BCUT2D eigenvalue weighted by molar-refractivity contribution is 6.31. The van der Waals surface area contributed by atoms with Crippen LogP contribution >= 0.6 is 11.6 Å². The number of halogens is 1. The van der Waals surface area contributed by atoms with Crippen LogP contribution in [0.4, 0.5) is 5.82 Å². The van der Waals surface area contributed by atoms with Crippen LogP contribution in [-0.4, -0.2) is 41.2 Å². The second kappa shape index (κ2) is 8.35. The van der Waals surface area contributed by atoms with Gasteiger partial charge in [-0.1, -0.05) is 18.5 Å². The van der Waals surface area contributed by atoms with Crippen molar-refractivity contribution in [3.05, 3.63) is 22.8 Å². The molecule has 0 aliphatic rings. The lowest BCUT2D eigenvalue weighted by molar-refractivity contribution is 0.162. The van der Waals surface area contributed by atoms with E-state index in [1.54, 1.807) is 6.92 Å². The predicted molar refractivity (Wildman–Crippen MR) is 80.7 cm³/mol.